The quantitative estimate of drug-likeness (QED) is 0.876. The van der Waals surface area contributed by atoms with Gasteiger partial charge in [-0.2, -0.15) is 0 Å². The number of aryl methyl sites for hydroxylation is 1. The fourth-order valence-corrected chi connectivity index (χ4v) is 2.30. The molecule has 2 rings (SSSR count). The van der Waals surface area contributed by atoms with Gasteiger partial charge in [-0.3, -0.25) is 9.59 Å². The van der Waals surface area contributed by atoms with Gasteiger partial charge in [-0.15, -0.1) is 0 Å². The van der Waals surface area contributed by atoms with Crippen molar-refractivity contribution in [2.24, 2.45) is 5.41 Å². The number of carboxylic acid groups (broad SMARTS) is 1. The fourth-order valence-electron chi connectivity index (χ4n) is 2.30. The van der Waals surface area contributed by atoms with Crippen LogP contribution in [0.4, 0.5) is 0 Å². The van der Waals surface area contributed by atoms with Crippen LogP contribution in [0.2, 0.25) is 0 Å². The van der Waals surface area contributed by atoms with Gasteiger partial charge in [0.1, 0.15) is 0 Å². The molecular weight excluding hydrogens is 236 g/mol. The maximum absolute atomic E-state index is 12.2. The topological polar surface area (TPSA) is 83.6 Å². The Bertz CT molecular complexity index is 482. The van der Waals surface area contributed by atoms with E-state index in [9.17, 15) is 14.7 Å². The van der Waals surface area contributed by atoms with Crippen LogP contribution in [0.3, 0.4) is 0 Å². The van der Waals surface area contributed by atoms with Gasteiger partial charge in [0.2, 0.25) is 5.76 Å². The van der Waals surface area contributed by atoms with Crippen molar-refractivity contribution in [2.75, 3.05) is 13.1 Å². The van der Waals surface area contributed by atoms with Gasteiger partial charge in [-0.1, -0.05) is 12.1 Å². The summed E-state index contributed by atoms with van der Waals surface area (Å²) >= 11 is 0. The summed E-state index contributed by atoms with van der Waals surface area (Å²) in [6, 6.07) is 0. The summed E-state index contributed by atoms with van der Waals surface area (Å²) in [6.45, 7) is 4.25. The molecule has 1 saturated heterocycles. The summed E-state index contributed by atoms with van der Waals surface area (Å²) < 4.78 is 4.91. The minimum absolute atomic E-state index is 0.201. The van der Waals surface area contributed by atoms with E-state index in [2.05, 4.69) is 5.16 Å². The molecule has 1 aliphatic rings. The van der Waals surface area contributed by atoms with Crippen molar-refractivity contribution < 1.29 is 19.2 Å². The van der Waals surface area contributed by atoms with Crippen LogP contribution in [0.1, 0.15) is 35.9 Å². The zero-order valence-corrected chi connectivity index (χ0v) is 10.5. The predicted molar refractivity (Wildman–Crippen MR) is 62.1 cm³/mol. The van der Waals surface area contributed by atoms with Gasteiger partial charge in [0.25, 0.3) is 5.91 Å². The summed E-state index contributed by atoms with van der Waals surface area (Å²) in [5, 5.41) is 12.8. The van der Waals surface area contributed by atoms with Crippen molar-refractivity contribution in [2.45, 2.75) is 26.7 Å². The third kappa shape index (κ3) is 1.87. The predicted octanol–water partition coefficient (Wildman–Crippen LogP) is 1.31. The first kappa shape index (κ1) is 12.6. The van der Waals surface area contributed by atoms with E-state index in [0.717, 1.165) is 0 Å². The lowest BCUT2D eigenvalue weighted by Gasteiger charge is -2.22. The van der Waals surface area contributed by atoms with Crippen LogP contribution in [0, 0.1) is 12.3 Å². The molecule has 0 spiro atoms. The van der Waals surface area contributed by atoms with Crippen LogP contribution in [-0.2, 0) is 4.79 Å². The number of hydrogen-bond acceptors (Lipinski definition) is 4. The molecule has 2 heterocycles. The minimum atomic E-state index is -0.838. The summed E-state index contributed by atoms with van der Waals surface area (Å²) in [5.41, 5.74) is -0.145. The van der Waals surface area contributed by atoms with Gasteiger partial charge >= 0.3 is 5.97 Å². The zero-order valence-electron chi connectivity index (χ0n) is 10.5. The number of likely N-dealkylation sites (tertiary alicyclic amines) is 1. The number of aliphatic carboxylic acids is 1. The molecule has 0 aromatic carbocycles. The molecular formula is C12H16N2O4. The lowest BCUT2D eigenvalue weighted by molar-refractivity contribution is -0.148. The van der Waals surface area contributed by atoms with Gasteiger partial charge in [0.05, 0.1) is 11.6 Å². The van der Waals surface area contributed by atoms with Crippen LogP contribution < -0.4 is 0 Å². The van der Waals surface area contributed by atoms with Crippen molar-refractivity contribution in [3.63, 3.8) is 0 Å². The molecule has 0 aliphatic carbocycles. The largest absolute Gasteiger partial charge is 0.481 e. The highest BCUT2D eigenvalue weighted by Crippen LogP contribution is 2.35. The first-order chi connectivity index (χ1) is 8.50. The molecule has 0 bridgehead atoms. The van der Waals surface area contributed by atoms with E-state index < -0.39 is 11.4 Å². The van der Waals surface area contributed by atoms with E-state index >= 15 is 0 Å². The van der Waals surface area contributed by atoms with Crippen molar-refractivity contribution in [1.29, 1.82) is 0 Å². The van der Waals surface area contributed by atoms with Gasteiger partial charge in [0.15, 0.2) is 0 Å². The van der Waals surface area contributed by atoms with Crippen molar-refractivity contribution in [3.05, 3.63) is 17.5 Å². The second-order valence-electron chi connectivity index (χ2n) is 4.75. The molecule has 6 nitrogen and oxygen atoms in total. The average molecular weight is 252 g/mol. The van der Waals surface area contributed by atoms with Crippen LogP contribution in [0.5, 0.6) is 0 Å². The first-order valence-electron chi connectivity index (χ1n) is 5.94. The molecule has 18 heavy (non-hydrogen) atoms. The maximum atomic E-state index is 12.2. The summed E-state index contributed by atoms with van der Waals surface area (Å²) in [6.07, 6.45) is 2.48. The Morgan fingerprint density at radius 3 is 2.78 bits per heavy atom. The number of carboxylic acids is 1. The lowest BCUT2D eigenvalue weighted by Crippen LogP contribution is -2.36. The van der Waals surface area contributed by atoms with Gasteiger partial charge in [-0.25, -0.2) is 0 Å². The van der Waals surface area contributed by atoms with E-state index in [1.54, 1.807) is 6.92 Å². The first-order valence-corrected chi connectivity index (χ1v) is 5.94. The fraction of sp³-hybridized carbons (Fsp3) is 0.583. The molecule has 6 heteroatoms. The highest BCUT2D eigenvalue weighted by molar-refractivity contribution is 5.93. The number of nitrogens with zero attached hydrogens (tertiary/aromatic N) is 2. The number of amides is 1. The molecule has 1 unspecified atom stereocenters. The Balaban J connectivity index is 2.17. The van der Waals surface area contributed by atoms with Crippen LogP contribution in [0.25, 0.3) is 0 Å². The molecule has 1 fully saturated rings. The van der Waals surface area contributed by atoms with E-state index in [4.69, 9.17) is 4.52 Å². The number of hydrogen-bond donors (Lipinski definition) is 1. The van der Waals surface area contributed by atoms with Gasteiger partial charge in [0, 0.05) is 18.7 Å². The zero-order chi connectivity index (χ0) is 13.3. The molecule has 0 radical (unpaired) electrons. The molecule has 0 saturated carbocycles. The second kappa shape index (κ2) is 4.44. The van der Waals surface area contributed by atoms with Crippen molar-refractivity contribution >= 4 is 11.9 Å². The smallest absolute Gasteiger partial charge is 0.311 e. The lowest BCUT2D eigenvalue weighted by atomic mass is 9.84. The van der Waals surface area contributed by atoms with Crippen molar-refractivity contribution in [1.82, 2.24) is 10.1 Å². The minimum Gasteiger partial charge on any atom is -0.481 e. The monoisotopic (exact) mass is 252 g/mol. The highest BCUT2D eigenvalue weighted by Gasteiger charge is 2.45. The van der Waals surface area contributed by atoms with Crippen LogP contribution in [0.15, 0.2) is 10.7 Å². The molecule has 98 valence electrons. The average Bonchev–Trinajstić information content (AvgIpc) is 2.95. The number of carbonyl (C=O) groups excluding carboxylic acids is 1. The van der Waals surface area contributed by atoms with E-state index in [0.29, 0.717) is 24.9 Å². The van der Waals surface area contributed by atoms with Crippen molar-refractivity contribution in [3.8, 4) is 0 Å². The van der Waals surface area contributed by atoms with Crippen LogP contribution >= 0.6 is 0 Å². The Labute approximate surface area is 105 Å². The van der Waals surface area contributed by atoms with Gasteiger partial charge in [-0.05, 0) is 19.8 Å². The Morgan fingerprint density at radius 1 is 1.61 bits per heavy atom. The summed E-state index contributed by atoms with van der Waals surface area (Å²) in [4.78, 5) is 25.0. The third-order valence-electron chi connectivity index (χ3n) is 3.71. The van der Waals surface area contributed by atoms with E-state index in [-0.39, 0.29) is 18.2 Å². The maximum Gasteiger partial charge on any atom is 0.311 e. The van der Waals surface area contributed by atoms with Crippen LogP contribution in [-0.4, -0.2) is 40.1 Å². The Hall–Kier alpha value is -1.85. The van der Waals surface area contributed by atoms with E-state index in [1.807, 2.05) is 6.92 Å². The highest BCUT2D eigenvalue weighted by atomic mass is 16.5. The van der Waals surface area contributed by atoms with E-state index in [1.165, 1.54) is 11.1 Å². The Kier molecular flexibility index (Phi) is 3.11. The molecule has 1 atom stereocenters. The third-order valence-corrected chi connectivity index (χ3v) is 3.71. The van der Waals surface area contributed by atoms with Gasteiger partial charge < -0.3 is 14.5 Å². The number of carbonyl (C=O) groups is 2. The Morgan fingerprint density at radius 2 is 2.33 bits per heavy atom. The normalized spacial score (nSPS) is 23.3. The standard InChI is InChI=1S/C12H16N2O4/c1-3-12(11(16)17)4-5-14(7-12)10(15)9-8(2)6-13-18-9/h6H,3-5,7H2,1-2H3,(H,16,17). The second-order valence-corrected chi connectivity index (χ2v) is 4.75. The molecule has 1 aromatic rings. The molecule has 1 N–H and O–H groups in total. The summed E-state index contributed by atoms with van der Waals surface area (Å²) in [7, 11) is 0. The summed E-state index contributed by atoms with van der Waals surface area (Å²) in [5.74, 6) is -0.913. The number of aromatic nitrogens is 1. The number of rotatable bonds is 3. The molecule has 1 amide bonds. The molecule has 1 aromatic heterocycles. The SMILES string of the molecule is CCC1(C(=O)O)CCN(C(=O)c2oncc2C)C1. The molecule has 1 aliphatic heterocycles.